The zero-order valence-electron chi connectivity index (χ0n) is 9.67. The fourth-order valence-corrected chi connectivity index (χ4v) is 1.35. The molecule has 0 aliphatic carbocycles. The van der Waals surface area contributed by atoms with E-state index in [1.807, 2.05) is 0 Å². The molecular formula is C12H15N2O4. The van der Waals surface area contributed by atoms with E-state index >= 15 is 0 Å². The van der Waals surface area contributed by atoms with Gasteiger partial charge < -0.3 is 21.3 Å². The summed E-state index contributed by atoms with van der Waals surface area (Å²) in [6.07, 6.45) is 1.94. The van der Waals surface area contributed by atoms with Crippen molar-refractivity contribution in [3.8, 4) is 5.75 Å². The number of nitrogens with two attached hydrogens (primary N) is 1. The number of benzene rings is 1. The van der Waals surface area contributed by atoms with Gasteiger partial charge in [-0.1, -0.05) is 12.1 Å². The maximum atomic E-state index is 11.4. The molecule has 97 valence electrons. The molecule has 0 aliphatic rings. The van der Waals surface area contributed by atoms with Crippen LogP contribution in [0.25, 0.3) is 0 Å². The number of aromatic hydroxyl groups is 1. The number of phenolic OH excluding ortho intramolecular Hbond substituents is 1. The molecule has 0 bridgehead atoms. The molecule has 1 radical (unpaired) electrons. The SMILES string of the molecule is N[C@H](CO)C(=O)N[C@H]([C]=O)Cc1ccc(O)cc1. The van der Waals surface area contributed by atoms with E-state index in [2.05, 4.69) is 5.32 Å². The second kappa shape index (κ2) is 6.73. The van der Waals surface area contributed by atoms with Gasteiger partial charge in [-0.05, 0) is 17.7 Å². The number of phenols is 1. The van der Waals surface area contributed by atoms with Gasteiger partial charge in [-0.15, -0.1) is 0 Å². The van der Waals surface area contributed by atoms with Crippen LogP contribution in [-0.2, 0) is 16.0 Å². The molecule has 0 aromatic heterocycles. The first kappa shape index (κ1) is 14.1. The van der Waals surface area contributed by atoms with Crippen molar-refractivity contribution in [3.63, 3.8) is 0 Å². The third kappa shape index (κ3) is 4.15. The van der Waals surface area contributed by atoms with E-state index in [4.69, 9.17) is 15.9 Å². The number of aliphatic hydroxyl groups is 1. The normalized spacial score (nSPS) is 13.7. The van der Waals surface area contributed by atoms with Gasteiger partial charge in [0.15, 0.2) is 0 Å². The monoisotopic (exact) mass is 251 g/mol. The molecule has 1 aromatic carbocycles. The third-order valence-electron chi connectivity index (χ3n) is 2.37. The Hall–Kier alpha value is -1.92. The second-order valence-electron chi connectivity index (χ2n) is 3.84. The second-order valence-corrected chi connectivity index (χ2v) is 3.84. The Labute approximate surface area is 104 Å². The lowest BCUT2D eigenvalue weighted by Gasteiger charge is -2.14. The molecule has 6 nitrogen and oxygen atoms in total. The lowest BCUT2D eigenvalue weighted by atomic mass is 10.1. The predicted molar refractivity (Wildman–Crippen MR) is 64.5 cm³/mol. The number of nitrogens with one attached hydrogen (secondary N) is 1. The minimum absolute atomic E-state index is 0.122. The molecule has 0 unspecified atom stereocenters. The standard InChI is InChI=1S/C12H15N2O4/c13-11(7-16)12(18)14-9(6-15)5-8-1-3-10(17)4-2-8/h1-4,9,11,16-17H,5,7,13H2,(H,14,18)/t9-,11+/m0/s1. The van der Waals surface area contributed by atoms with Crippen molar-refractivity contribution >= 4 is 12.2 Å². The highest BCUT2D eigenvalue weighted by Gasteiger charge is 2.17. The van der Waals surface area contributed by atoms with Crippen LogP contribution in [0.15, 0.2) is 24.3 Å². The van der Waals surface area contributed by atoms with E-state index in [0.717, 1.165) is 5.56 Å². The molecule has 5 N–H and O–H groups in total. The van der Waals surface area contributed by atoms with E-state index in [-0.39, 0.29) is 12.2 Å². The van der Waals surface area contributed by atoms with Crippen molar-refractivity contribution in [2.24, 2.45) is 5.73 Å². The molecule has 2 atom stereocenters. The molecule has 0 fully saturated rings. The average molecular weight is 251 g/mol. The summed E-state index contributed by atoms with van der Waals surface area (Å²) in [6.45, 7) is -0.489. The first-order valence-corrected chi connectivity index (χ1v) is 5.39. The molecule has 0 saturated heterocycles. The number of rotatable bonds is 6. The van der Waals surface area contributed by atoms with Crippen LogP contribution in [-0.4, -0.2) is 41.1 Å². The van der Waals surface area contributed by atoms with Crippen molar-refractivity contribution in [1.29, 1.82) is 0 Å². The van der Waals surface area contributed by atoms with Crippen LogP contribution in [0.1, 0.15) is 5.56 Å². The van der Waals surface area contributed by atoms with Crippen LogP contribution in [0, 0.1) is 0 Å². The summed E-state index contributed by atoms with van der Waals surface area (Å²) in [4.78, 5) is 22.1. The first-order valence-electron chi connectivity index (χ1n) is 5.39. The molecule has 0 aliphatic heterocycles. The van der Waals surface area contributed by atoms with E-state index in [9.17, 15) is 9.59 Å². The van der Waals surface area contributed by atoms with Gasteiger partial charge in [0.1, 0.15) is 11.8 Å². The van der Waals surface area contributed by atoms with Gasteiger partial charge in [0.2, 0.25) is 12.2 Å². The Morgan fingerprint density at radius 3 is 2.50 bits per heavy atom. The van der Waals surface area contributed by atoms with Gasteiger partial charge in [0, 0.05) is 6.42 Å². The van der Waals surface area contributed by atoms with E-state index in [0.29, 0.717) is 0 Å². The summed E-state index contributed by atoms with van der Waals surface area (Å²) >= 11 is 0. The van der Waals surface area contributed by atoms with Crippen LogP contribution < -0.4 is 11.1 Å². The summed E-state index contributed by atoms with van der Waals surface area (Å²) < 4.78 is 0. The largest absolute Gasteiger partial charge is 0.508 e. The fourth-order valence-electron chi connectivity index (χ4n) is 1.35. The highest BCUT2D eigenvalue weighted by molar-refractivity contribution is 5.84. The maximum Gasteiger partial charge on any atom is 0.239 e. The Morgan fingerprint density at radius 1 is 1.39 bits per heavy atom. The van der Waals surface area contributed by atoms with Crippen molar-refractivity contribution in [2.75, 3.05) is 6.61 Å². The lowest BCUT2D eigenvalue weighted by Crippen LogP contribution is -2.48. The fraction of sp³-hybridized carbons (Fsp3) is 0.333. The lowest BCUT2D eigenvalue weighted by molar-refractivity contribution is -0.123. The van der Waals surface area contributed by atoms with Crippen LogP contribution in [0.5, 0.6) is 5.75 Å². The minimum Gasteiger partial charge on any atom is -0.508 e. The molecule has 1 aromatic rings. The molecule has 18 heavy (non-hydrogen) atoms. The predicted octanol–water partition coefficient (Wildman–Crippen LogP) is -1.15. The van der Waals surface area contributed by atoms with Crippen molar-refractivity contribution in [1.82, 2.24) is 5.32 Å². The Balaban J connectivity index is 2.59. The van der Waals surface area contributed by atoms with Crippen molar-refractivity contribution in [2.45, 2.75) is 18.5 Å². The number of aliphatic hydroxyl groups excluding tert-OH is 1. The minimum atomic E-state index is -1.05. The average Bonchev–Trinajstić information content (AvgIpc) is 2.39. The summed E-state index contributed by atoms with van der Waals surface area (Å²) in [6, 6.07) is 4.35. The summed E-state index contributed by atoms with van der Waals surface area (Å²) in [5, 5.41) is 20.2. The topological polar surface area (TPSA) is 113 Å². The van der Waals surface area contributed by atoms with Crippen LogP contribution in [0.4, 0.5) is 0 Å². The van der Waals surface area contributed by atoms with E-state index in [1.165, 1.54) is 12.1 Å². The van der Waals surface area contributed by atoms with Crippen LogP contribution in [0.2, 0.25) is 0 Å². The Morgan fingerprint density at radius 2 is 2.00 bits per heavy atom. The molecule has 6 heteroatoms. The Bertz CT molecular complexity index is 405. The molecule has 1 rings (SSSR count). The van der Waals surface area contributed by atoms with Gasteiger partial charge in [-0.3, -0.25) is 9.59 Å². The molecule has 0 spiro atoms. The zero-order valence-corrected chi connectivity index (χ0v) is 9.67. The van der Waals surface area contributed by atoms with Crippen LogP contribution in [0.3, 0.4) is 0 Å². The number of amides is 1. The van der Waals surface area contributed by atoms with Crippen LogP contribution >= 0.6 is 0 Å². The van der Waals surface area contributed by atoms with E-state index in [1.54, 1.807) is 18.4 Å². The smallest absolute Gasteiger partial charge is 0.239 e. The summed E-state index contributed by atoms with van der Waals surface area (Å²) in [5.41, 5.74) is 6.07. The number of hydrogen-bond acceptors (Lipinski definition) is 5. The number of hydrogen-bond donors (Lipinski definition) is 4. The first-order chi connectivity index (χ1) is 8.56. The van der Waals surface area contributed by atoms with Gasteiger partial charge in [0.05, 0.1) is 12.6 Å². The van der Waals surface area contributed by atoms with Crippen molar-refractivity contribution < 1.29 is 19.8 Å². The summed E-state index contributed by atoms with van der Waals surface area (Å²) in [7, 11) is 0. The summed E-state index contributed by atoms with van der Waals surface area (Å²) in [5.74, 6) is -0.485. The molecule has 1 amide bonds. The number of carbonyl (C=O) groups excluding carboxylic acids is 2. The van der Waals surface area contributed by atoms with Crippen molar-refractivity contribution in [3.05, 3.63) is 29.8 Å². The Kier molecular flexibility index (Phi) is 5.29. The quantitative estimate of drug-likeness (QED) is 0.510. The highest BCUT2D eigenvalue weighted by atomic mass is 16.3. The molecule has 0 heterocycles. The maximum absolute atomic E-state index is 11.4. The van der Waals surface area contributed by atoms with Gasteiger partial charge >= 0.3 is 0 Å². The van der Waals surface area contributed by atoms with E-state index < -0.39 is 24.6 Å². The third-order valence-corrected chi connectivity index (χ3v) is 2.37. The highest BCUT2D eigenvalue weighted by Crippen LogP contribution is 2.10. The molecular weight excluding hydrogens is 236 g/mol. The molecule has 0 saturated carbocycles. The van der Waals surface area contributed by atoms with Gasteiger partial charge in [0.25, 0.3) is 0 Å². The number of carbonyl (C=O) groups is 1. The van der Waals surface area contributed by atoms with Gasteiger partial charge in [-0.25, -0.2) is 0 Å². The van der Waals surface area contributed by atoms with Gasteiger partial charge in [-0.2, -0.15) is 0 Å². The zero-order chi connectivity index (χ0) is 13.5.